The van der Waals surface area contributed by atoms with Crippen molar-refractivity contribution in [1.29, 1.82) is 0 Å². The van der Waals surface area contributed by atoms with E-state index in [1.54, 1.807) is 0 Å². The Bertz CT molecular complexity index is 3520. The molecule has 12 rings (SSSR count). The van der Waals surface area contributed by atoms with Crippen LogP contribution in [0.1, 0.15) is 22.9 Å². The van der Waals surface area contributed by atoms with E-state index in [1.807, 2.05) is 36.4 Å². The molecule has 0 spiro atoms. The van der Waals surface area contributed by atoms with Gasteiger partial charge in [-0.05, 0) is 81.6 Å². The average Bonchev–Trinajstić information content (AvgIpc) is 3.86. The van der Waals surface area contributed by atoms with E-state index in [4.69, 9.17) is 14.4 Å². The van der Waals surface area contributed by atoms with E-state index in [-0.39, 0.29) is 0 Å². The van der Waals surface area contributed by atoms with Crippen LogP contribution in [0.3, 0.4) is 0 Å². The Labute approximate surface area is 346 Å². The number of nitrogens with zero attached hydrogens (tertiary/aromatic N) is 3. The first-order valence-corrected chi connectivity index (χ1v) is 20.3. The van der Waals surface area contributed by atoms with Crippen LogP contribution < -0.4 is 5.32 Å². The van der Waals surface area contributed by atoms with E-state index < -0.39 is 6.17 Å². The lowest BCUT2D eigenvalue weighted by molar-refractivity contribution is 0.669. The van der Waals surface area contributed by atoms with Gasteiger partial charge in [-0.15, -0.1) is 0 Å². The highest BCUT2D eigenvalue weighted by Gasteiger charge is 2.25. The lowest BCUT2D eigenvalue weighted by Gasteiger charge is -2.24. The Morgan fingerprint density at radius 3 is 1.88 bits per heavy atom. The number of para-hydroxylation sites is 2. The van der Waals surface area contributed by atoms with Gasteiger partial charge in [0.2, 0.25) is 0 Å². The smallest absolute Gasteiger partial charge is 0.169 e. The van der Waals surface area contributed by atoms with Gasteiger partial charge in [0.05, 0.1) is 16.7 Å². The maximum absolute atomic E-state index is 6.49. The third-order valence-electron chi connectivity index (χ3n) is 11.8. The molecule has 2 aromatic heterocycles. The van der Waals surface area contributed by atoms with Crippen molar-refractivity contribution in [2.75, 3.05) is 0 Å². The summed E-state index contributed by atoms with van der Waals surface area (Å²) < 4.78 is 8.92. The Kier molecular flexibility index (Phi) is 7.85. The van der Waals surface area contributed by atoms with E-state index in [0.29, 0.717) is 0 Å². The Balaban J connectivity index is 1.12. The molecule has 282 valence electrons. The molecule has 1 unspecified atom stereocenters. The Morgan fingerprint density at radius 1 is 0.417 bits per heavy atom. The third kappa shape index (κ3) is 5.63. The molecule has 0 saturated carbocycles. The van der Waals surface area contributed by atoms with Gasteiger partial charge in [0.1, 0.15) is 22.8 Å². The highest BCUT2D eigenvalue weighted by atomic mass is 16.3. The Morgan fingerprint density at radius 2 is 1.05 bits per heavy atom. The molecule has 1 aliphatic rings. The Hall–Kier alpha value is -8.02. The van der Waals surface area contributed by atoms with Gasteiger partial charge in [-0.2, -0.15) is 0 Å². The van der Waals surface area contributed by atoms with Crippen molar-refractivity contribution >= 4 is 66.2 Å². The molecule has 0 bridgehead atoms. The summed E-state index contributed by atoms with van der Waals surface area (Å²) >= 11 is 0. The van der Waals surface area contributed by atoms with Crippen LogP contribution >= 0.6 is 0 Å². The lowest BCUT2D eigenvalue weighted by Crippen LogP contribution is -2.36. The summed E-state index contributed by atoms with van der Waals surface area (Å²) in [6.07, 6.45) is -0.521. The van der Waals surface area contributed by atoms with Crippen LogP contribution in [0.25, 0.3) is 82.5 Å². The molecule has 0 fully saturated rings. The van der Waals surface area contributed by atoms with Crippen molar-refractivity contribution in [2.45, 2.75) is 6.17 Å². The first-order valence-electron chi connectivity index (χ1n) is 20.3. The van der Waals surface area contributed by atoms with E-state index in [2.05, 4.69) is 180 Å². The average molecular weight is 769 g/mol. The summed E-state index contributed by atoms with van der Waals surface area (Å²) in [5, 5.41) is 10.6. The quantitative estimate of drug-likeness (QED) is 0.183. The minimum atomic E-state index is -0.521. The van der Waals surface area contributed by atoms with Crippen molar-refractivity contribution in [3.05, 3.63) is 223 Å². The van der Waals surface area contributed by atoms with Gasteiger partial charge in [-0.1, -0.05) is 158 Å². The topological polar surface area (TPSA) is 54.8 Å². The van der Waals surface area contributed by atoms with Gasteiger partial charge in [0, 0.05) is 38.2 Å². The standard InChI is InChI=1S/C55H36N4O/c1-3-15-35(16-4-1)37-21-13-22-40(31-37)54-56-53(36-17-5-2-6-18-36)57-55(58-54)41-29-30-48(46(33-41)43-25-14-28-51-52(43)44-24-10-12-27-50(44)60-51)59-47-26-11-9-23-42(47)45-32-38-19-7-8-20-39(38)34-49(45)59/h1-34,55H,(H,56,57,58). The number of amidine groups is 2. The van der Waals surface area contributed by atoms with Gasteiger partial charge in [0.25, 0.3) is 0 Å². The van der Waals surface area contributed by atoms with Crippen LogP contribution in [0.5, 0.6) is 0 Å². The van der Waals surface area contributed by atoms with Crippen LogP contribution in [-0.2, 0) is 0 Å². The maximum atomic E-state index is 6.49. The first kappa shape index (κ1) is 34.1. The van der Waals surface area contributed by atoms with E-state index in [1.165, 1.54) is 21.5 Å². The van der Waals surface area contributed by atoms with E-state index in [9.17, 15) is 0 Å². The molecule has 11 aromatic rings. The molecule has 5 nitrogen and oxygen atoms in total. The van der Waals surface area contributed by atoms with Crippen LogP contribution in [0.4, 0.5) is 0 Å². The highest BCUT2D eigenvalue weighted by Crippen LogP contribution is 2.43. The second kappa shape index (κ2) is 13.8. The molecule has 1 aliphatic heterocycles. The maximum Gasteiger partial charge on any atom is 0.169 e. The molecule has 0 amide bonds. The largest absolute Gasteiger partial charge is 0.456 e. The predicted octanol–water partition coefficient (Wildman–Crippen LogP) is 13.7. The van der Waals surface area contributed by atoms with E-state index in [0.717, 1.165) is 89.3 Å². The molecule has 5 heteroatoms. The van der Waals surface area contributed by atoms with E-state index >= 15 is 0 Å². The first-order chi connectivity index (χ1) is 29.7. The molecule has 1 atom stereocenters. The molecule has 1 N–H and O–H groups in total. The minimum Gasteiger partial charge on any atom is -0.456 e. The third-order valence-corrected chi connectivity index (χ3v) is 11.8. The summed E-state index contributed by atoms with van der Waals surface area (Å²) in [7, 11) is 0. The molecule has 0 aliphatic carbocycles. The summed E-state index contributed by atoms with van der Waals surface area (Å²) in [5.74, 6) is 1.55. The second-order valence-electron chi connectivity index (χ2n) is 15.4. The van der Waals surface area contributed by atoms with Crippen molar-refractivity contribution < 1.29 is 4.42 Å². The lowest BCUT2D eigenvalue weighted by atomic mass is 9.95. The molecular weight excluding hydrogens is 733 g/mol. The van der Waals surface area contributed by atoms with Crippen molar-refractivity contribution in [3.63, 3.8) is 0 Å². The van der Waals surface area contributed by atoms with Crippen LogP contribution in [0.2, 0.25) is 0 Å². The number of benzene rings is 9. The fourth-order valence-corrected chi connectivity index (χ4v) is 9.00. The number of aromatic nitrogens is 1. The fraction of sp³-hybridized carbons (Fsp3) is 0.0182. The molecular formula is C55H36N4O. The molecule has 9 aromatic carbocycles. The summed E-state index contributed by atoms with van der Waals surface area (Å²) in [6, 6.07) is 72.9. The molecule has 60 heavy (non-hydrogen) atoms. The van der Waals surface area contributed by atoms with Crippen LogP contribution in [-0.4, -0.2) is 16.2 Å². The zero-order valence-electron chi connectivity index (χ0n) is 32.5. The summed E-state index contributed by atoms with van der Waals surface area (Å²) in [4.78, 5) is 10.7. The van der Waals surface area contributed by atoms with Gasteiger partial charge < -0.3 is 14.3 Å². The van der Waals surface area contributed by atoms with Gasteiger partial charge in [0.15, 0.2) is 6.17 Å². The normalized spacial score (nSPS) is 14.2. The number of fused-ring (bicyclic) bond motifs is 7. The van der Waals surface area contributed by atoms with Crippen molar-refractivity contribution in [2.24, 2.45) is 9.98 Å². The zero-order valence-corrected chi connectivity index (χ0v) is 32.5. The zero-order chi connectivity index (χ0) is 39.6. The monoisotopic (exact) mass is 768 g/mol. The number of hydrogen-bond donors (Lipinski definition) is 1. The number of nitrogens with one attached hydrogen (secondary N) is 1. The minimum absolute atomic E-state index is 0.521. The van der Waals surface area contributed by atoms with Crippen LogP contribution in [0.15, 0.2) is 221 Å². The second-order valence-corrected chi connectivity index (χ2v) is 15.4. The number of hydrogen-bond acceptors (Lipinski definition) is 4. The van der Waals surface area contributed by atoms with Gasteiger partial charge >= 0.3 is 0 Å². The summed E-state index contributed by atoms with van der Waals surface area (Å²) in [5.41, 5.74) is 12.5. The highest BCUT2D eigenvalue weighted by molar-refractivity contribution is 6.17. The molecule has 0 saturated heterocycles. The van der Waals surface area contributed by atoms with Gasteiger partial charge in [-0.3, -0.25) is 0 Å². The SMILES string of the molecule is c1ccc(C2=NC(c3ccc(-n4c5ccccc5c5cc6ccccc6cc54)c(-c4cccc5oc6ccccc6c45)c3)N=C(c3cccc(-c4ccccc4)c3)N2)cc1. The number of aliphatic imine (C=N–C) groups is 2. The van der Waals surface area contributed by atoms with Crippen molar-refractivity contribution in [3.8, 4) is 27.9 Å². The number of furan rings is 1. The molecule has 0 radical (unpaired) electrons. The van der Waals surface area contributed by atoms with Crippen LogP contribution in [0, 0.1) is 0 Å². The number of rotatable bonds is 6. The van der Waals surface area contributed by atoms with Crippen molar-refractivity contribution in [1.82, 2.24) is 9.88 Å². The summed E-state index contributed by atoms with van der Waals surface area (Å²) in [6.45, 7) is 0. The molecule has 3 heterocycles. The fourth-order valence-electron chi connectivity index (χ4n) is 9.00. The predicted molar refractivity (Wildman–Crippen MR) is 248 cm³/mol. The van der Waals surface area contributed by atoms with Gasteiger partial charge in [-0.25, -0.2) is 9.98 Å².